The van der Waals surface area contributed by atoms with E-state index in [-0.39, 0.29) is 5.69 Å². The molecule has 5 nitrogen and oxygen atoms in total. The Morgan fingerprint density at radius 2 is 2.11 bits per heavy atom. The number of nitrogens with zero attached hydrogens (tertiary/aromatic N) is 2. The van der Waals surface area contributed by atoms with Crippen molar-refractivity contribution >= 4 is 40.7 Å². The monoisotopic (exact) mass is 318 g/mol. The van der Waals surface area contributed by atoms with Gasteiger partial charge in [-0.3, -0.25) is 4.57 Å². The van der Waals surface area contributed by atoms with Gasteiger partial charge in [-0.25, -0.2) is 9.89 Å². The van der Waals surface area contributed by atoms with Gasteiger partial charge in [-0.2, -0.15) is 0 Å². The zero-order chi connectivity index (χ0) is 14.0. The zero-order valence-electron chi connectivity index (χ0n) is 10.1. The number of rotatable bonds is 4. The summed E-state index contributed by atoms with van der Waals surface area (Å²) < 4.78 is 1.56. The maximum absolute atomic E-state index is 11.6. The molecule has 1 aromatic carbocycles. The van der Waals surface area contributed by atoms with E-state index in [1.165, 1.54) is 11.8 Å². The van der Waals surface area contributed by atoms with Crippen LogP contribution in [0.3, 0.4) is 0 Å². The molecule has 0 spiro atoms. The molecule has 0 aliphatic heterocycles. The highest BCUT2D eigenvalue weighted by atomic mass is 35.5. The molecule has 2 rings (SSSR count). The number of benzene rings is 1. The molecule has 0 bridgehead atoms. The van der Waals surface area contributed by atoms with Crippen molar-refractivity contribution in [3.05, 3.63) is 32.7 Å². The summed E-state index contributed by atoms with van der Waals surface area (Å²) in [6.45, 7) is 2.58. The first-order valence-electron chi connectivity index (χ1n) is 5.60. The van der Waals surface area contributed by atoms with Crippen LogP contribution in [0.1, 0.15) is 13.3 Å². The second-order valence-electron chi connectivity index (χ2n) is 3.87. The Bertz CT molecular complexity index is 653. The van der Waals surface area contributed by atoms with Crippen LogP contribution in [0.15, 0.2) is 27.0 Å². The number of hydrogen-bond donors (Lipinski definition) is 2. The summed E-state index contributed by atoms with van der Waals surface area (Å²) in [4.78, 5) is 12.3. The summed E-state index contributed by atoms with van der Waals surface area (Å²) in [6.07, 6.45) is 0.837. The van der Waals surface area contributed by atoms with E-state index in [0.717, 1.165) is 6.42 Å². The highest BCUT2D eigenvalue weighted by molar-refractivity contribution is 7.99. The fraction of sp³-hybridized carbons (Fsp3) is 0.273. The van der Waals surface area contributed by atoms with Gasteiger partial charge in [0.15, 0.2) is 5.16 Å². The molecule has 1 aromatic heterocycles. The summed E-state index contributed by atoms with van der Waals surface area (Å²) in [6, 6.07) is 3.25. The highest BCUT2D eigenvalue weighted by Gasteiger charge is 2.12. The molecule has 3 N–H and O–H groups in total. The normalized spacial score (nSPS) is 10.9. The molecule has 0 saturated heterocycles. The van der Waals surface area contributed by atoms with Crippen molar-refractivity contribution in [2.24, 2.45) is 0 Å². The number of hydrogen-bond acceptors (Lipinski definition) is 4. The average molecular weight is 319 g/mol. The Balaban J connectivity index is 2.36. The number of halogens is 2. The molecule has 0 aliphatic carbocycles. The predicted molar refractivity (Wildman–Crippen MR) is 78.1 cm³/mol. The molecule has 102 valence electrons. The third kappa shape index (κ3) is 3.08. The average Bonchev–Trinajstić information content (AvgIpc) is 2.69. The fourth-order valence-corrected chi connectivity index (χ4v) is 2.86. The van der Waals surface area contributed by atoms with E-state index in [1.54, 1.807) is 16.7 Å². The molecule has 0 radical (unpaired) electrons. The Morgan fingerprint density at radius 1 is 1.42 bits per heavy atom. The van der Waals surface area contributed by atoms with Crippen molar-refractivity contribution in [2.75, 3.05) is 5.73 Å². The van der Waals surface area contributed by atoms with Gasteiger partial charge in [0, 0.05) is 17.1 Å². The highest BCUT2D eigenvalue weighted by Crippen LogP contribution is 2.36. The topological polar surface area (TPSA) is 76.7 Å². The van der Waals surface area contributed by atoms with Crippen LogP contribution in [0.4, 0.5) is 5.69 Å². The van der Waals surface area contributed by atoms with Gasteiger partial charge in [-0.05, 0) is 30.3 Å². The minimum atomic E-state index is -0.233. The van der Waals surface area contributed by atoms with E-state index in [1.807, 2.05) is 6.92 Å². The minimum absolute atomic E-state index is 0.233. The molecule has 1 heterocycles. The van der Waals surface area contributed by atoms with Crippen LogP contribution in [0, 0.1) is 0 Å². The molecular formula is C11H12Cl2N4OS. The van der Waals surface area contributed by atoms with Gasteiger partial charge in [0.1, 0.15) is 0 Å². The molecule has 0 aliphatic rings. The van der Waals surface area contributed by atoms with Crippen molar-refractivity contribution < 1.29 is 0 Å². The van der Waals surface area contributed by atoms with Crippen LogP contribution in [0.2, 0.25) is 10.0 Å². The van der Waals surface area contributed by atoms with E-state index < -0.39 is 0 Å². The zero-order valence-corrected chi connectivity index (χ0v) is 12.4. The van der Waals surface area contributed by atoms with E-state index >= 15 is 0 Å². The first kappa shape index (κ1) is 14.3. The van der Waals surface area contributed by atoms with Crippen LogP contribution in [0.25, 0.3) is 0 Å². The number of nitrogen functional groups attached to an aromatic ring is 1. The number of aromatic nitrogens is 3. The molecule has 0 unspecified atom stereocenters. The molecular weight excluding hydrogens is 307 g/mol. The first-order valence-corrected chi connectivity index (χ1v) is 7.17. The van der Waals surface area contributed by atoms with Crippen LogP contribution in [-0.2, 0) is 6.54 Å². The number of H-pyrrole nitrogens is 1. The van der Waals surface area contributed by atoms with Crippen molar-refractivity contribution in [3.63, 3.8) is 0 Å². The Morgan fingerprint density at radius 3 is 2.79 bits per heavy atom. The Hall–Kier alpha value is -1.11. The van der Waals surface area contributed by atoms with Crippen molar-refractivity contribution in [1.29, 1.82) is 0 Å². The SMILES string of the molecule is CCCn1c(Sc2cc(Cl)c(Cl)cc2N)n[nH]c1=O. The predicted octanol–water partition coefficient (Wildman–Crippen LogP) is 3.02. The van der Waals surface area contributed by atoms with Gasteiger partial charge in [-0.15, -0.1) is 5.10 Å². The summed E-state index contributed by atoms with van der Waals surface area (Å²) in [5.41, 5.74) is 6.14. The van der Waals surface area contributed by atoms with Gasteiger partial charge in [0.25, 0.3) is 0 Å². The smallest absolute Gasteiger partial charge is 0.343 e. The van der Waals surface area contributed by atoms with Crippen molar-refractivity contribution in [2.45, 2.75) is 29.9 Å². The van der Waals surface area contributed by atoms with Gasteiger partial charge in [0.05, 0.1) is 10.0 Å². The summed E-state index contributed by atoms with van der Waals surface area (Å²) in [5, 5.41) is 7.77. The Labute approximate surface area is 124 Å². The van der Waals surface area contributed by atoms with Crippen LogP contribution >= 0.6 is 35.0 Å². The second-order valence-corrected chi connectivity index (χ2v) is 5.69. The maximum Gasteiger partial charge on any atom is 0.343 e. The lowest BCUT2D eigenvalue weighted by molar-refractivity contribution is 0.604. The van der Waals surface area contributed by atoms with E-state index in [9.17, 15) is 4.79 Å². The first-order chi connectivity index (χ1) is 9.02. The van der Waals surface area contributed by atoms with Crippen LogP contribution in [-0.4, -0.2) is 14.8 Å². The molecule has 8 heteroatoms. The molecule has 0 saturated carbocycles. The maximum atomic E-state index is 11.6. The lowest BCUT2D eigenvalue weighted by Gasteiger charge is -2.07. The van der Waals surface area contributed by atoms with Gasteiger partial charge in [-0.1, -0.05) is 30.1 Å². The number of nitrogens with one attached hydrogen (secondary N) is 1. The van der Waals surface area contributed by atoms with Gasteiger partial charge in [0.2, 0.25) is 0 Å². The van der Waals surface area contributed by atoms with Gasteiger partial charge < -0.3 is 5.73 Å². The Kier molecular flexibility index (Phi) is 4.44. The van der Waals surface area contributed by atoms with Gasteiger partial charge >= 0.3 is 5.69 Å². The standard InChI is InChI=1S/C11H12Cl2N4OS/c1-2-3-17-10(18)15-16-11(17)19-9-5-7(13)6(12)4-8(9)14/h4-5H,2-3,14H2,1H3,(H,15,18). The van der Waals surface area contributed by atoms with E-state index in [2.05, 4.69) is 10.2 Å². The third-order valence-electron chi connectivity index (χ3n) is 2.42. The lowest BCUT2D eigenvalue weighted by Crippen LogP contribution is -2.17. The minimum Gasteiger partial charge on any atom is -0.398 e. The third-order valence-corrected chi connectivity index (χ3v) is 4.21. The number of anilines is 1. The largest absolute Gasteiger partial charge is 0.398 e. The molecule has 2 aromatic rings. The fourth-order valence-electron chi connectivity index (χ4n) is 1.53. The quantitative estimate of drug-likeness (QED) is 0.849. The second kappa shape index (κ2) is 5.90. The summed E-state index contributed by atoms with van der Waals surface area (Å²) in [5.74, 6) is 0. The molecule has 0 fully saturated rings. The van der Waals surface area contributed by atoms with Crippen molar-refractivity contribution in [1.82, 2.24) is 14.8 Å². The van der Waals surface area contributed by atoms with E-state index in [0.29, 0.717) is 32.3 Å². The molecule has 19 heavy (non-hydrogen) atoms. The van der Waals surface area contributed by atoms with Crippen LogP contribution in [0.5, 0.6) is 0 Å². The lowest BCUT2D eigenvalue weighted by atomic mass is 10.3. The molecule has 0 amide bonds. The van der Waals surface area contributed by atoms with E-state index in [4.69, 9.17) is 28.9 Å². The summed E-state index contributed by atoms with van der Waals surface area (Å²) >= 11 is 13.1. The molecule has 0 atom stereocenters. The number of aromatic amines is 1. The summed E-state index contributed by atoms with van der Waals surface area (Å²) in [7, 11) is 0. The number of nitrogens with two attached hydrogens (primary N) is 1. The van der Waals surface area contributed by atoms with Crippen molar-refractivity contribution in [3.8, 4) is 0 Å². The van der Waals surface area contributed by atoms with Crippen LogP contribution < -0.4 is 11.4 Å².